The van der Waals surface area contributed by atoms with E-state index in [1.807, 2.05) is 0 Å². The summed E-state index contributed by atoms with van der Waals surface area (Å²) in [6.45, 7) is 0.511. The number of rotatable bonds is 3. The maximum atomic E-state index is 11.1. The molecular weight excluding hydrogens is 262 g/mol. The fourth-order valence-corrected chi connectivity index (χ4v) is 2.04. The van der Waals surface area contributed by atoms with Crippen molar-refractivity contribution in [1.82, 2.24) is 0 Å². The lowest BCUT2D eigenvalue weighted by Gasteiger charge is -2.22. The van der Waals surface area contributed by atoms with Crippen LogP contribution in [0.1, 0.15) is 11.5 Å². The summed E-state index contributed by atoms with van der Waals surface area (Å²) in [5.74, 6) is -1.97. The zero-order chi connectivity index (χ0) is 13.3. The smallest absolute Gasteiger partial charge is 0.312 e. The van der Waals surface area contributed by atoms with E-state index in [1.54, 1.807) is 0 Å². The number of halogens is 1. The van der Waals surface area contributed by atoms with E-state index in [-0.39, 0.29) is 28.6 Å². The van der Waals surface area contributed by atoms with Crippen molar-refractivity contribution < 1.29 is 24.5 Å². The Bertz CT molecular complexity index is 491. The van der Waals surface area contributed by atoms with E-state index in [4.69, 9.17) is 31.9 Å². The highest BCUT2D eigenvalue weighted by Gasteiger charge is 2.28. The molecule has 1 heterocycles. The van der Waals surface area contributed by atoms with E-state index in [9.17, 15) is 9.90 Å². The van der Waals surface area contributed by atoms with Crippen LogP contribution in [0.15, 0.2) is 6.07 Å². The Morgan fingerprint density at radius 2 is 2.17 bits per heavy atom. The average molecular weight is 274 g/mol. The first-order valence-electron chi connectivity index (χ1n) is 5.30. The monoisotopic (exact) mass is 273 g/mol. The number of benzene rings is 1. The van der Waals surface area contributed by atoms with Crippen LogP contribution in [0.2, 0.25) is 5.02 Å². The Kier molecular flexibility index (Phi) is 3.49. The summed E-state index contributed by atoms with van der Waals surface area (Å²) in [7, 11) is 0. The van der Waals surface area contributed by atoms with Crippen LogP contribution in [0, 0.1) is 0 Å². The number of carboxylic acid groups (broad SMARTS) is 1. The molecule has 0 saturated carbocycles. The third-order valence-corrected chi connectivity index (χ3v) is 3.04. The number of aliphatic carboxylic acids is 1. The Labute approximate surface area is 108 Å². The lowest BCUT2D eigenvalue weighted by Crippen LogP contribution is -2.22. The first-order chi connectivity index (χ1) is 8.56. The Balaban J connectivity index is 2.55. The maximum absolute atomic E-state index is 11.1. The SMILES string of the molecule is NCC(C(=O)O)c1cc2c(c(Cl)c1O)OCCO2. The first-order valence-corrected chi connectivity index (χ1v) is 5.68. The quantitative estimate of drug-likeness (QED) is 0.758. The average Bonchev–Trinajstić information content (AvgIpc) is 2.36. The van der Waals surface area contributed by atoms with E-state index in [2.05, 4.69) is 0 Å². The zero-order valence-corrected chi connectivity index (χ0v) is 10.1. The summed E-state index contributed by atoms with van der Waals surface area (Å²) in [4.78, 5) is 11.1. The number of phenolic OH excluding ortho intramolecular Hbond substituents is 1. The minimum Gasteiger partial charge on any atom is -0.506 e. The molecule has 98 valence electrons. The predicted octanol–water partition coefficient (Wildman–Crippen LogP) is 0.944. The molecule has 7 heteroatoms. The van der Waals surface area contributed by atoms with E-state index in [1.165, 1.54) is 6.07 Å². The van der Waals surface area contributed by atoms with Crippen LogP contribution >= 0.6 is 11.6 Å². The predicted molar refractivity (Wildman–Crippen MR) is 63.5 cm³/mol. The highest BCUT2D eigenvalue weighted by molar-refractivity contribution is 6.34. The van der Waals surface area contributed by atoms with Crippen molar-refractivity contribution >= 4 is 17.6 Å². The van der Waals surface area contributed by atoms with Gasteiger partial charge in [-0.05, 0) is 6.07 Å². The highest BCUT2D eigenvalue weighted by Crippen LogP contribution is 2.46. The molecule has 0 aromatic heterocycles. The number of aromatic hydroxyl groups is 1. The van der Waals surface area contributed by atoms with Crippen LogP contribution in [-0.2, 0) is 4.79 Å². The molecule has 2 rings (SSSR count). The summed E-state index contributed by atoms with van der Waals surface area (Å²) >= 11 is 5.93. The molecule has 1 aliphatic heterocycles. The Morgan fingerprint density at radius 3 is 2.78 bits per heavy atom. The molecule has 0 bridgehead atoms. The molecule has 1 aromatic carbocycles. The number of hydrogen-bond acceptors (Lipinski definition) is 5. The van der Waals surface area contributed by atoms with E-state index < -0.39 is 11.9 Å². The lowest BCUT2D eigenvalue weighted by molar-refractivity contribution is -0.138. The molecule has 1 unspecified atom stereocenters. The zero-order valence-electron chi connectivity index (χ0n) is 9.35. The molecule has 0 amide bonds. The molecule has 0 radical (unpaired) electrons. The van der Waals surface area contributed by atoms with Gasteiger partial charge in [0.1, 0.15) is 24.0 Å². The molecule has 6 nitrogen and oxygen atoms in total. The van der Waals surface area contributed by atoms with E-state index in [0.717, 1.165) is 0 Å². The largest absolute Gasteiger partial charge is 0.506 e. The van der Waals surface area contributed by atoms with Crippen molar-refractivity contribution in [2.75, 3.05) is 19.8 Å². The van der Waals surface area contributed by atoms with Crippen molar-refractivity contribution in [2.45, 2.75) is 5.92 Å². The van der Waals surface area contributed by atoms with Gasteiger partial charge in [-0.3, -0.25) is 4.79 Å². The van der Waals surface area contributed by atoms with Crippen LogP contribution in [0.5, 0.6) is 17.2 Å². The van der Waals surface area contributed by atoms with Gasteiger partial charge < -0.3 is 25.4 Å². The number of carboxylic acids is 1. The van der Waals surface area contributed by atoms with Crippen LogP contribution in [-0.4, -0.2) is 35.9 Å². The fraction of sp³-hybridized carbons (Fsp3) is 0.364. The van der Waals surface area contributed by atoms with Crippen LogP contribution in [0.25, 0.3) is 0 Å². The van der Waals surface area contributed by atoms with Crippen molar-refractivity contribution in [1.29, 1.82) is 0 Å². The molecule has 1 aromatic rings. The molecule has 1 aliphatic rings. The van der Waals surface area contributed by atoms with Crippen LogP contribution in [0.3, 0.4) is 0 Å². The van der Waals surface area contributed by atoms with Crippen molar-refractivity contribution in [3.05, 3.63) is 16.7 Å². The van der Waals surface area contributed by atoms with Crippen molar-refractivity contribution in [3.63, 3.8) is 0 Å². The van der Waals surface area contributed by atoms with Gasteiger partial charge in [-0.15, -0.1) is 0 Å². The third-order valence-electron chi connectivity index (χ3n) is 2.69. The van der Waals surface area contributed by atoms with Gasteiger partial charge in [-0.1, -0.05) is 11.6 Å². The molecule has 1 atom stereocenters. The second kappa shape index (κ2) is 4.91. The minimum atomic E-state index is -1.14. The molecule has 0 fully saturated rings. The van der Waals surface area contributed by atoms with Gasteiger partial charge in [0.15, 0.2) is 11.5 Å². The second-order valence-corrected chi connectivity index (χ2v) is 4.16. The van der Waals surface area contributed by atoms with Gasteiger partial charge in [0.05, 0.1) is 5.92 Å². The number of fused-ring (bicyclic) bond motifs is 1. The standard InChI is InChI=1S/C11H12ClNO5/c12-8-9(14)5(6(4-13)11(15)16)3-7-10(8)18-2-1-17-7/h3,6,14H,1-2,4,13H2,(H,15,16). The maximum Gasteiger partial charge on any atom is 0.312 e. The molecular formula is C11H12ClNO5. The molecule has 18 heavy (non-hydrogen) atoms. The van der Waals surface area contributed by atoms with Gasteiger partial charge >= 0.3 is 5.97 Å². The molecule has 0 spiro atoms. The topological polar surface area (TPSA) is 102 Å². The Morgan fingerprint density at radius 1 is 1.50 bits per heavy atom. The van der Waals surface area contributed by atoms with Crippen LogP contribution < -0.4 is 15.2 Å². The summed E-state index contributed by atoms with van der Waals surface area (Å²) in [5, 5.41) is 18.9. The third kappa shape index (κ3) is 2.04. The second-order valence-electron chi connectivity index (χ2n) is 3.78. The van der Waals surface area contributed by atoms with E-state index in [0.29, 0.717) is 19.0 Å². The molecule has 4 N–H and O–H groups in total. The van der Waals surface area contributed by atoms with Gasteiger partial charge in [-0.2, -0.15) is 0 Å². The summed E-state index contributed by atoms with van der Waals surface area (Å²) in [6.07, 6.45) is 0. The number of phenols is 1. The summed E-state index contributed by atoms with van der Waals surface area (Å²) in [6, 6.07) is 1.40. The fourth-order valence-electron chi connectivity index (χ4n) is 1.78. The molecule has 0 aliphatic carbocycles. The number of hydrogen-bond donors (Lipinski definition) is 3. The summed E-state index contributed by atoms with van der Waals surface area (Å²) < 4.78 is 10.6. The van der Waals surface area contributed by atoms with Crippen molar-refractivity contribution in [2.24, 2.45) is 5.73 Å². The van der Waals surface area contributed by atoms with E-state index >= 15 is 0 Å². The van der Waals surface area contributed by atoms with Crippen molar-refractivity contribution in [3.8, 4) is 17.2 Å². The summed E-state index contributed by atoms with van der Waals surface area (Å²) in [5.41, 5.74) is 5.52. The normalized spacial score (nSPS) is 15.2. The van der Waals surface area contributed by atoms with Gasteiger partial charge in [0, 0.05) is 12.1 Å². The van der Waals surface area contributed by atoms with Gasteiger partial charge in [-0.25, -0.2) is 0 Å². The number of nitrogens with two attached hydrogens (primary N) is 1. The first kappa shape index (κ1) is 12.8. The Hall–Kier alpha value is -1.66. The highest BCUT2D eigenvalue weighted by atomic mass is 35.5. The van der Waals surface area contributed by atoms with Gasteiger partial charge in [0.25, 0.3) is 0 Å². The van der Waals surface area contributed by atoms with Gasteiger partial charge in [0.2, 0.25) is 0 Å². The number of carbonyl (C=O) groups is 1. The number of ether oxygens (including phenoxy) is 2. The van der Waals surface area contributed by atoms with Crippen LogP contribution in [0.4, 0.5) is 0 Å². The minimum absolute atomic E-state index is 0.0538. The lowest BCUT2D eigenvalue weighted by atomic mass is 9.97. The molecule has 0 saturated heterocycles.